The Morgan fingerprint density at radius 3 is 2.85 bits per heavy atom. The Kier molecular flexibility index (Phi) is 4.50. The van der Waals surface area contributed by atoms with E-state index < -0.39 is 0 Å². The summed E-state index contributed by atoms with van der Waals surface area (Å²) in [5.74, 6) is 0.345. The summed E-state index contributed by atoms with van der Waals surface area (Å²) < 4.78 is 5.57. The van der Waals surface area contributed by atoms with E-state index in [2.05, 4.69) is 16.0 Å². The van der Waals surface area contributed by atoms with Crippen molar-refractivity contribution in [2.45, 2.75) is 0 Å². The van der Waals surface area contributed by atoms with Gasteiger partial charge in [-0.15, -0.1) is 11.3 Å². The van der Waals surface area contributed by atoms with E-state index in [4.69, 9.17) is 10.5 Å². The van der Waals surface area contributed by atoms with Gasteiger partial charge in [-0.3, -0.25) is 0 Å². The van der Waals surface area contributed by atoms with Gasteiger partial charge in [-0.05, 0) is 25.5 Å². The Hall–Kier alpha value is -2.17. The van der Waals surface area contributed by atoms with Crippen molar-refractivity contribution >= 4 is 17.3 Å². The first-order valence-electron chi connectivity index (χ1n) is 6.01. The van der Waals surface area contributed by atoms with Gasteiger partial charge >= 0.3 is 0 Å². The van der Waals surface area contributed by atoms with Gasteiger partial charge in [0.15, 0.2) is 0 Å². The monoisotopic (exact) mass is 289 g/mol. The van der Waals surface area contributed by atoms with Crippen LogP contribution in [0.25, 0.3) is 10.6 Å². The summed E-state index contributed by atoms with van der Waals surface area (Å²) in [4.78, 5) is 11.0. The van der Waals surface area contributed by atoms with Crippen molar-refractivity contribution < 1.29 is 4.74 Å². The average Bonchev–Trinajstić information content (AvgIpc) is 2.91. The summed E-state index contributed by atoms with van der Waals surface area (Å²) in [6.07, 6.45) is 0. The summed E-state index contributed by atoms with van der Waals surface area (Å²) in [6, 6.07) is 5.89. The van der Waals surface area contributed by atoms with Gasteiger partial charge in [0, 0.05) is 6.54 Å². The summed E-state index contributed by atoms with van der Waals surface area (Å²) >= 11 is 1.49. The highest BCUT2D eigenvalue weighted by Gasteiger charge is 2.17. The van der Waals surface area contributed by atoms with Crippen LogP contribution in [0.2, 0.25) is 0 Å². The number of nitrogens with zero attached hydrogens (tertiary/aromatic N) is 4. The van der Waals surface area contributed by atoms with E-state index in [1.807, 2.05) is 36.5 Å². The van der Waals surface area contributed by atoms with Crippen LogP contribution in [0, 0.1) is 11.3 Å². The molecule has 0 unspecified atom stereocenters. The number of nitrogens with two attached hydrogens (primary N) is 1. The predicted molar refractivity (Wildman–Crippen MR) is 78.5 cm³/mol. The zero-order valence-corrected chi connectivity index (χ0v) is 12.1. The Labute approximate surface area is 121 Å². The molecule has 2 aromatic heterocycles. The maximum Gasteiger partial charge on any atom is 0.237 e. The fourth-order valence-corrected chi connectivity index (χ4v) is 2.30. The molecule has 0 aliphatic heterocycles. The maximum atomic E-state index is 9.34. The molecule has 0 atom stereocenters. The van der Waals surface area contributed by atoms with Crippen LogP contribution in [0.5, 0.6) is 5.88 Å². The molecule has 0 aliphatic rings. The molecule has 7 heteroatoms. The van der Waals surface area contributed by atoms with Crippen LogP contribution in [0.3, 0.4) is 0 Å². The second-order valence-corrected chi connectivity index (χ2v) is 5.30. The molecule has 0 bridgehead atoms. The van der Waals surface area contributed by atoms with E-state index in [-0.39, 0.29) is 11.8 Å². The SMILES string of the molecule is CN(C)CCOc1nc(N)nc(-c2cccs2)c1C#N. The van der Waals surface area contributed by atoms with E-state index in [0.29, 0.717) is 17.9 Å². The molecule has 2 N–H and O–H groups in total. The molecule has 0 fully saturated rings. The normalized spacial score (nSPS) is 10.5. The van der Waals surface area contributed by atoms with E-state index in [1.54, 1.807) is 0 Å². The maximum absolute atomic E-state index is 9.34. The molecule has 2 heterocycles. The zero-order valence-electron chi connectivity index (χ0n) is 11.3. The van der Waals surface area contributed by atoms with Crippen molar-refractivity contribution in [3.63, 3.8) is 0 Å². The summed E-state index contributed by atoms with van der Waals surface area (Å²) in [5.41, 5.74) is 6.55. The van der Waals surface area contributed by atoms with Gasteiger partial charge in [-0.25, -0.2) is 4.98 Å². The number of nitrogen functional groups attached to an aromatic ring is 1. The van der Waals surface area contributed by atoms with Gasteiger partial charge in [0.1, 0.15) is 23.9 Å². The molecule has 104 valence electrons. The molecule has 0 spiro atoms. The van der Waals surface area contributed by atoms with Crippen molar-refractivity contribution in [1.29, 1.82) is 5.26 Å². The number of hydrogen-bond donors (Lipinski definition) is 1. The molecule has 0 saturated carbocycles. The molecule has 0 saturated heterocycles. The largest absolute Gasteiger partial charge is 0.475 e. The Morgan fingerprint density at radius 1 is 1.45 bits per heavy atom. The van der Waals surface area contributed by atoms with Crippen LogP contribution in [0.1, 0.15) is 5.56 Å². The number of rotatable bonds is 5. The smallest absolute Gasteiger partial charge is 0.237 e. The van der Waals surface area contributed by atoms with Crippen LogP contribution >= 0.6 is 11.3 Å². The van der Waals surface area contributed by atoms with Gasteiger partial charge < -0.3 is 15.4 Å². The lowest BCUT2D eigenvalue weighted by Crippen LogP contribution is -2.20. The highest BCUT2D eigenvalue weighted by Crippen LogP contribution is 2.30. The summed E-state index contributed by atoms with van der Waals surface area (Å²) in [7, 11) is 3.89. The Balaban J connectivity index is 2.35. The fraction of sp³-hybridized carbons (Fsp3) is 0.308. The van der Waals surface area contributed by atoms with Crippen molar-refractivity contribution in [1.82, 2.24) is 14.9 Å². The number of nitriles is 1. The van der Waals surface area contributed by atoms with Gasteiger partial charge in [0.25, 0.3) is 0 Å². The molecule has 2 rings (SSSR count). The quantitative estimate of drug-likeness (QED) is 0.899. The van der Waals surface area contributed by atoms with Crippen molar-refractivity contribution in [3.8, 4) is 22.5 Å². The highest BCUT2D eigenvalue weighted by atomic mass is 32.1. The molecule has 0 aromatic carbocycles. The summed E-state index contributed by atoms with van der Waals surface area (Å²) in [6.45, 7) is 1.16. The Morgan fingerprint density at radius 2 is 2.25 bits per heavy atom. The number of likely N-dealkylation sites (N-methyl/N-ethyl adjacent to an activating group) is 1. The summed E-state index contributed by atoms with van der Waals surface area (Å²) in [5, 5.41) is 11.3. The minimum atomic E-state index is 0.104. The molecule has 0 radical (unpaired) electrons. The molecule has 0 aliphatic carbocycles. The van der Waals surface area contributed by atoms with Crippen molar-refractivity contribution in [2.24, 2.45) is 0 Å². The standard InChI is InChI=1S/C13H15N5OS/c1-18(2)5-6-19-12-9(8-14)11(16-13(15)17-12)10-4-3-7-20-10/h3-4,7H,5-6H2,1-2H3,(H2,15,16,17). The number of ether oxygens (including phenoxy) is 1. The number of aromatic nitrogens is 2. The minimum Gasteiger partial charge on any atom is -0.475 e. The molecule has 6 nitrogen and oxygen atoms in total. The highest BCUT2D eigenvalue weighted by molar-refractivity contribution is 7.13. The van der Waals surface area contributed by atoms with Crippen LogP contribution < -0.4 is 10.5 Å². The molecule has 0 amide bonds. The lowest BCUT2D eigenvalue weighted by Gasteiger charge is -2.12. The fourth-order valence-electron chi connectivity index (χ4n) is 1.58. The first-order valence-corrected chi connectivity index (χ1v) is 6.88. The lowest BCUT2D eigenvalue weighted by molar-refractivity contribution is 0.253. The third-order valence-electron chi connectivity index (χ3n) is 2.54. The van der Waals surface area contributed by atoms with Crippen molar-refractivity contribution in [3.05, 3.63) is 23.1 Å². The second kappa shape index (κ2) is 6.32. The first-order chi connectivity index (χ1) is 9.61. The van der Waals surface area contributed by atoms with Crippen LogP contribution in [-0.2, 0) is 0 Å². The van der Waals surface area contributed by atoms with Gasteiger partial charge in [-0.2, -0.15) is 10.2 Å². The van der Waals surface area contributed by atoms with Gasteiger partial charge in [-0.1, -0.05) is 6.07 Å². The molecular formula is C13H15N5OS. The first kappa shape index (κ1) is 14.2. The third-order valence-corrected chi connectivity index (χ3v) is 3.41. The number of hydrogen-bond acceptors (Lipinski definition) is 7. The minimum absolute atomic E-state index is 0.104. The van der Waals surface area contributed by atoms with Gasteiger partial charge in [0.05, 0.1) is 4.88 Å². The average molecular weight is 289 g/mol. The number of thiophene rings is 1. The van der Waals surface area contributed by atoms with E-state index in [1.165, 1.54) is 11.3 Å². The number of anilines is 1. The van der Waals surface area contributed by atoms with E-state index in [0.717, 1.165) is 11.4 Å². The zero-order chi connectivity index (χ0) is 14.5. The van der Waals surface area contributed by atoms with Crippen LogP contribution in [-0.4, -0.2) is 42.1 Å². The van der Waals surface area contributed by atoms with E-state index in [9.17, 15) is 5.26 Å². The molecular weight excluding hydrogens is 274 g/mol. The van der Waals surface area contributed by atoms with Crippen LogP contribution in [0.4, 0.5) is 5.95 Å². The van der Waals surface area contributed by atoms with E-state index >= 15 is 0 Å². The van der Waals surface area contributed by atoms with Crippen molar-refractivity contribution in [2.75, 3.05) is 33.0 Å². The van der Waals surface area contributed by atoms with Crippen LogP contribution in [0.15, 0.2) is 17.5 Å². The molecule has 20 heavy (non-hydrogen) atoms. The third kappa shape index (κ3) is 3.23. The lowest BCUT2D eigenvalue weighted by atomic mass is 10.2. The second-order valence-electron chi connectivity index (χ2n) is 4.35. The Bertz CT molecular complexity index is 618. The topological polar surface area (TPSA) is 88.1 Å². The molecule has 2 aromatic rings. The predicted octanol–water partition coefficient (Wildman–Crippen LogP) is 1.60. The van der Waals surface area contributed by atoms with Gasteiger partial charge in [0.2, 0.25) is 11.8 Å².